The van der Waals surface area contributed by atoms with Crippen molar-refractivity contribution in [3.63, 3.8) is 0 Å². The van der Waals surface area contributed by atoms with Crippen LogP contribution in [0.1, 0.15) is 0 Å². The second-order valence-electron chi connectivity index (χ2n) is 4.22. The minimum absolute atomic E-state index is 0.396. The first-order chi connectivity index (χ1) is 8.24. The van der Waals surface area contributed by atoms with Gasteiger partial charge in [0.15, 0.2) is 0 Å². The van der Waals surface area contributed by atoms with E-state index in [0.717, 1.165) is 24.5 Å². The number of carbonyl (C=O) groups is 1. The molecule has 3 aliphatic heterocycles. The molecule has 3 aliphatic rings. The lowest BCUT2D eigenvalue weighted by molar-refractivity contribution is -0.114. The molecular weight excluding hydrogens is 214 g/mol. The van der Waals surface area contributed by atoms with Crippen LogP contribution in [0.15, 0.2) is 59.7 Å². The Kier molecular flexibility index (Phi) is 2.14. The van der Waals surface area contributed by atoms with Gasteiger partial charge in [0.2, 0.25) is 5.91 Å². The highest BCUT2D eigenvalue weighted by Crippen LogP contribution is 2.28. The second kappa shape index (κ2) is 3.66. The Morgan fingerprint density at radius 2 is 2.18 bits per heavy atom. The number of hydrogen-bond donors (Lipinski definition) is 1. The number of carbonyl (C=O) groups excluding carboxylic acids is 1. The Bertz CT molecular complexity index is 523. The molecule has 0 saturated heterocycles. The molecule has 0 fully saturated rings. The van der Waals surface area contributed by atoms with Crippen LogP contribution in [0.5, 0.6) is 0 Å². The summed E-state index contributed by atoms with van der Waals surface area (Å²) in [5.41, 5.74) is 8.05. The number of hydrogen-bond acceptors (Lipinski definition) is 3. The minimum atomic E-state index is -0.396. The van der Waals surface area contributed by atoms with Crippen LogP contribution < -0.4 is 5.73 Å². The topological polar surface area (TPSA) is 49.6 Å². The summed E-state index contributed by atoms with van der Waals surface area (Å²) in [4.78, 5) is 15.4. The summed E-state index contributed by atoms with van der Waals surface area (Å²) in [5, 5.41) is 0. The molecule has 2 bridgehead atoms. The fraction of sp³-hybridized carbons (Fsp3) is 0.154. The van der Waals surface area contributed by atoms with Gasteiger partial charge >= 0.3 is 0 Å². The molecule has 0 unspecified atom stereocenters. The summed E-state index contributed by atoms with van der Waals surface area (Å²) in [6.45, 7) is 1.77. The van der Waals surface area contributed by atoms with Crippen molar-refractivity contribution in [1.82, 2.24) is 9.80 Å². The molecule has 86 valence electrons. The molecule has 0 saturated carbocycles. The average molecular weight is 227 g/mol. The fourth-order valence-corrected chi connectivity index (χ4v) is 2.15. The zero-order valence-corrected chi connectivity index (χ0v) is 9.34. The van der Waals surface area contributed by atoms with Crippen LogP contribution in [0.25, 0.3) is 0 Å². The molecule has 4 heteroatoms. The molecule has 0 spiro atoms. The fourth-order valence-electron chi connectivity index (χ4n) is 2.15. The third-order valence-electron chi connectivity index (χ3n) is 3.02. The third kappa shape index (κ3) is 1.67. The Labute approximate surface area is 99.7 Å². The van der Waals surface area contributed by atoms with Gasteiger partial charge in [-0.15, -0.1) is 0 Å². The molecule has 0 aliphatic carbocycles. The number of amides is 1. The molecule has 3 heterocycles. The summed E-state index contributed by atoms with van der Waals surface area (Å²) in [5.74, 6) is -0.396. The molecule has 3 rings (SSSR count). The number of allylic oxidation sites excluding steroid dienone is 3. The van der Waals surface area contributed by atoms with Crippen LogP contribution in [0.3, 0.4) is 0 Å². The molecule has 0 aromatic heterocycles. The van der Waals surface area contributed by atoms with E-state index in [0.29, 0.717) is 5.57 Å². The van der Waals surface area contributed by atoms with Gasteiger partial charge in [-0.3, -0.25) is 4.79 Å². The second-order valence-corrected chi connectivity index (χ2v) is 4.22. The van der Waals surface area contributed by atoms with Crippen LogP contribution in [-0.4, -0.2) is 28.8 Å². The van der Waals surface area contributed by atoms with Gasteiger partial charge in [-0.2, -0.15) is 0 Å². The van der Waals surface area contributed by atoms with Gasteiger partial charge in [-0.1, -0.05) is 12.2 Å². The van der Waals surface area contributed by atoms with Crippen molar-refractivity contribution in [2.75, 3.05) is 13.1 Å². The van der Waals surface area contributed by atoms with Crippen LogP contribution >= 0.6 is 0 Å². The summed E-state index contributed by atoms with van der Waals surface area (Å²) in [7, 11) is 0. The van der Waals surface area contributed by atoms with Crippen molar-refractivity contribution in [2.24, 2.45) is 5.73 Å². The van der Waals surface area contributed by atoms with Crippen molar-refractivity contribution >= 4 is 5.91 Å². The van der Waals surface area contributed by atoms with Crippen LogP contribution in [0, 0.1) is 0 Å². The largest absolute Gasteiger partial charge is 0.366 e. The van der Waals surface area contributed by atoms with Crippen molar-refractivity contribution < 1.29 is 4.79 Å². The lowest BCUT2D eigenvalue weighted by Gasteiger charge is -2.35. The molecular formula is C13H13N3O. The van der Waals surface area contributed by atoms with E-state index in [1.54, 1.807) is 12.3 Å². The molecule has 2 N–H and O–H groups in total. The zero-order valence-electron chi connectivity index (χ0n) is 9.34. The summed E-state index contributed by atoms with van der Waals surface area (Å²) in [6, 6.07) is 0. The Morgan fingerprint density at radius 3 is 3.00 bits per heavy atom. The maximum absolute atomic E-state index is 11.2. The standard InChI is InChI=1S/C13H13N3O/c14-13(17)10-4-5-12-9-15-6-2-1-3-11(8-15)16(12)7-10/h1-5,7,9H,6,8H2,(H2,14,17). The lowest BCUT2D eigenvalue weighted by atomic mass is 10.1. The lowest BCUT2D eigenvalue weighted by Crippen LogP contribution is -2.34. The van der Waals surface area contributed by atoms with E-state index >= 15 is 0 Å². The Morgan fingerprint density at radius 1 is 1.29 bits per heavy atom. The summed E-state index contributed by atoms with van der Waals surface area (Å²) < 4.78 is 0. The smallest absolute Gasteiger partial charge is 0.250 e. The zero-order chi connectivity index (χ0) is 11.8. The summed E-state index contributed by atoms with van der Waals surface area (Å²) >= 11 is 0. The molecule has 4 nitrogen and oxygen atoms in total. The van der Waals surface area contributed by atoms with Crippen molar-refractivity contribution in [2.45, 2.75) is 0 Å². The van der Waals surface area contributed by atoms with E-state index in [-0.39, 0.29) is 0 Å². The van der Waals surface area contributed by atoms with E-state index in [1.807, 2.05) is 17.1 Å². The molecule has 0 aromatic rings. The van der Waals surface area contributed by atoms with E-state index in [2.05, 4.69) is 23.3 Å². The quantitative estimate of drug-likeness (QED) is 0.722. The predicted molar refractivity (Wildman–Crippen MR) is 65.1 cm³/mol. The van der Waals surface area contributed by atoms with Gasteiger partial charge in [0, 0.05) is 24.6 Å². The first kappa shape index (κ1) is 9.96. The first-order valence-electron chi connectivity index (χ1n) is 5.54. The highest BCUT2D eigenvalue weighted by Gasteiger charge is 2.23. The highest BCUT2D eigenvalue weighted by atomic mass is 16.1. The van der Waals surface area contributed by atoms with Gasteiger partial charge in [-0.05, 0) is 18.2 Å². The Hall–Kier alpha value is -2.23. The minimum Gasteiger partial charge on any atom is -0.366 e. The van der Waals surface area contributed by atoms with Crippen LogP contribution in [0.4, 0.5) is 0 Å². The summed E-state index contributed by atoms with van der Waals surface area (Å²) in [6.07, 6.45) is 13.8. The number of primary amides is 1. The van der Waals surface area contributed by atoms with Crippen molar-refractivity contribution in [1.29, 1.82) is 0 Å². The molecule has 17 heavy (non-hydrogen) atoms. The maximum Gasteiger partial charge on any atom is 0.250 e. The van der Waals surface area contributed by atoms with Gasteiger partial charge in [-0.25, -0.2) is 0 Å². The van der Waals surface area contributed by atoms with E-state index < -0.39 is 5.91 Å². The maximum atomic E-state index is 11.2. The van der Waals surface area contributed by atoms with Gasteiger partial charge in [0.25, 0.3) is 0 Å². The normalized spacial score (nSPS) is 21.3. The van der Waals surface area contributed by atoms with Gasteiger partial charge in [0.05, 0.1) is 17.8 Å². The number of nitrogens with two attached hydrogens (primary N) is 1. The SMILES string of the molecule is NC(=O)C1=CN2C(=CN3CC=CC=C2C3)C=C1. The molecule has 1 amide bonds. The molecule has 0 aromatic carbocycles. The number of nitrogens with zero attached hydrogens (tertiary/aromatic N) is 2. The van der Waals surface area contributed by atoms with E-state index in [4.69, 9.17) is 5.73 Å². The molecule has 0 atom stereocenters. The first-order valence-corrected chi connectivity index (χ1v) is 5.54. The van der Waals surface area contributed by atoms with Gasteiger partial charge in [0.1, 0.15) is 0 Å². The van der Waals surface area contributed by atoms with Crippen molar-refractivity contribution in [3.8, 4) is 0 Å². The third-order valence-corrected chi connectivity index (χ3v) is 3.02. The average Bonchev–Trinajstić information content (AvgIpc) is 2.51. The monoisotopic (exact) mass is 227 g/mol. The highest BCUT2D eigenvalue weighted by molar-refractivity contribution is 5.95. The predicted octanol–water partition coefficient (Wildman–Crippen LogP) is 0.838. The number of fused-ring (bicyclic) bond motifs is 4. The van der Waals surface area contributed by atoms with Crippen LogP contribution in [-0.2, 0) is 4.79 Å². The van der Waals surface area contributed by atoms with E-state index in [1.165, 1.54) is 0 Å². The van der Waals surface area contributed by atoms with E-state index in [9.17, 15) is 4.79 Å². The Balaban J connectivity index is 2.04. The number of rotatable bonds is 1. The molecule has 0 radical (unpaired) electrons. The van der Waals surface area contributed by atoms with Crippen LogP contribution in [0.2, 0.25) is 0 Å². The van der Waals surface area contributed by atoms with Gasteiger partial charge < -0.3 is 15.5 Å². The van der Waals surface area contributed by atoms with Crippen molar-refractivity contribution in [3.05, 3.63) is 59.7 Å².